The molecule has 0 spiro atoms. The van der Waals surface area contributed by atoms with E-state index in [2.05, 4.69) is 10.6 Å². The van der Waals surface area contributed by atoms with E-state index >= 15 is 0 Å². The Morgan fingerprint density at radius 1 is 0.962 bits per heavy atom. The zero-order valence-corrected chi connectivity index (χ0v) is 16.0. The van der Waals surface area contributed by atoms with E-state index in [1.54, 1.807) is 0 Å². The predicted molar refractivity (Wildman–Crippen MR) is 107 cm³/mol. The van der Waals surface area contributed by atoms with Crippen molar-refractivity contribution in [3.05, 3.63) is 24.3 Å². The van der Waals surface area contributed by atoms with Gasteiger partial charge in [0.2, 0.25) is 11.8 Å². The molecule has 0 aliphatic heterocycles. The van der Waals surface area contributed by atoms with E-state index in [1.165, 1.54) is 6.42 Å². The molecule has 0 bridgehead atoms. The summed E-state index contributed by atoms with van der Waals surface area (Å²) in [4.78, 5) is 24.6. The van der Waals surface area contributed by atoms with Gasteiger partial charge in [-0.3, -0.25) is 9.59 Å². The Morgan fingerprint density at radius 2 is 1.65 bits per heavy atom. The van der Waals surface area contributed by atoms with Gasteiger partial charge in [0.1, 0.15) is 0 Å². The summed E-state index contributed by atoms with van der Waals surface area (Å²) >= 11 is 0. The van der Waals surface area contributed by atoms with Crippen molar-refractivity contribution in [2.45, 2.75) is 63.8 Å². The average Bonchev–Trinajstić information content (AvgIpc) is 3.00. The minimum Gasteiger partial charge on any atom is -0.327 e. The van der Waals surface area contributed by atoms with Gasteiger partial charge in [-0.05, 0) is 49.8 Å². The summed E-state index contributed by atoms with van der Waals surface area (Å²) in [5, 5.41) is 5.93. The molecule has 2 atom stereocenters. The number of carbonyl (C=O) groups excluding carboxylic acids is 2. The van der Waals surface area contributed by atoms with Gasteiger partial charge in [-0.15, -0.1) is 12.4 Å². The third-order valence-corrected chi connectivity index (χ3v) is 5.56. The summed E-state index contributed by atoms with van der Waals surface area (Å²) in [7, 11) is 0. The largest absolute Gasteiger partial charge is 0.327 e. The smallest absolute Gasteiger partial charge is 0.227 e. The molecule has 1 aromatic carbocycles. The quantitative estimate of drug-likeness (QED) is 0.720. The minimum absolute atomic E-state index is 0. The van der Waals surface area contributed by atoms with E-state index in [0.29, 0.717) is 6.42 Å². The molecule has 3 rings (SSSR count). The van der Waals surface area contributed by atoms with Crippen LogP contribution in [0.25, 0.3) is 0 Å². The number of hydrogen-bond donors (Lipinski definition) is 3. The molecule has 0 aromatic heterocycles. The standard InChI is InChI=1S/C20H29N3O2.ClH/c21-18-11-4-8-15(18)12-19(24)22-16-9-5-10-17(13-16)23-20(25)14-6-2-1-3-7-14;/h5,9-10,13-15,18H,1-4,6-8,11-12,21H2,(H,22,24)(H,23,25);1H/t15-,18+;/m0./s1. The Labute approximate surface area is 161 Å². The van der Waals surface area contributed by atoms with Crippen molar-refractivity contribution in [1.82, 2.24) is 0 Å². The van der Waals surface area contributed by atoms with Gasteiger partial charge in [-0.1, -0.05) is 31.7 Å². The highest BCUT2D eigenvalue weighted by Gasteiger charge is 2.26. The SMILES string of the molecule is Cl.N[C@@H]1CCC[C@H]1CC(=O)Nc1cccc(NC(=O)C2CCCCC2)c1. The molecule has 6 heteroatoms. The lowest BCUT2D eigenvalue weighted by Crippen LogP contribution is -2.28. The van der Waals surface area contributed by atoms with Crippen LogP contribution in [0.1, 0.15) is 57.8 Å². The Balaban J connectivity index is 0.00000243. The molecule has 0 saturated heterocycles. The van der Waals surface area contributed by atoms with E-state index in [0.717, 1.165) is 56.3 Å². The van der Waals surface area contributed by atoms with E-state index in [9.17, 15) is 9.59 Å². The van der Waals surface area contributed by atoms with Crippen molar-refractivity contribution < 1.29 is 9.59 Å². The van der Waals surface area contributed by atoms with Gasteiger partial charge in [0.15, 0.2) is 0 Å². The van der Waals surface area contributed by atoms with Gasteiger partial charge in [0.05, 0.1) is 0 Å². The molecule has 0 radical (unpaired) electrons. The molecule has 0 unspecified atom stereocenters. The Hall–Kier alpha value is -1.59. The first-order valence-electron chi connectivity index (χ1n) is 9.58. The summed E-state index contributed by atoms with van der Waals surface area (Å²) in [6, 6.07) is 7.54. The van der Waals surface area contributed by atoms with Crippen LogP contribution in [-0.2, 0) is 9.59 Å². The number of benzene rings is 1. The molecule has 5 nitrogen and oxygen atoms in total. The van der Waals surface area contributed by atoms with Crippen molar-refractivity contribution in [3.63, 3.8) is 0 Å². The molecule has 2 fully saturated rings. The third-order valence-electron chi connectivity index (χ3n) is 5.56. The van der Waals surface area contributed by atoms with Crippen LogP contribution in [0.3, 0.4) is 0 Å². The summed E-state index contributed by atoms with van der Waals surface area (Å²) < 4.78 is 0. The van der Waals surface area contributed by atoms with Crippen LogP contribution in [-0.4, -0.2) is 17.9 Å². The molecular weight excluding hydrogens is 350 g/mol. The second-order valence-electron chi connectivity index (χ2n) is 7.51. The fourth-order valence-electron chi connectivity index (χ4n) is 4.05. The van der Waals surface area contributed by atoms with Crippen LogP contribution in [0, 0.1) is 11.8 Å². The zero-order chi connectivity index (χ0) is 17.6. The fourth-order valence-corrected chi connectivity index (χ4v) is 4.05. The number of nitrogens with two attached hydrogens (primary N) is 1. The summed E-state index contributed by atoms with van der Waals surface area (Å²) in [6.45, 7) is 0. The maximum absolute atomic E-state index is 12.4. The van der Waals surface area contributed by atoms with E-state index in [1.807, 2.05) is 24.3 Å². The third kappa shape index (κ3) is 5.71. The van der Waals surface area contributed by atoms with Gasteiger partial charge in [-0.2, -0.15) is 0 Å². The highest BCUT2D eigenvalue weighted by Crippen LogP contribution is 2.28. The summed E-state index contributed by atoms with van der Waals surface area (Å²) in [6.07, 6.45) is 9.09. The lowest BCUT2D eigenvalue weighted by Gasteiger charge is -2.21. The first kappa shape index (κ1) is 20.7. The minimum atomic E-state index is -0.00175. The maximum Gasteiger partial charge on any atom is 0.227 e. The second kappa shape index (κ2) is 9.93. The number of hydrogen-bond acceptors (Lipinski definition) is 3. The molecule has 2 amide bonds. The summed E-state index contributed by atoms with van der Waals surface area (Å²) in [5.74, 6) is 0.503. The highest BCUT2D eigenvalue weighted by molar-refractivity contribution is 5.95. The molecule has 4 N–H and O–H groups in total. The number of halogens is 1. The van der Waals surface area contributed by atoms with Gasteiger partial charge in [0.25, 0.3) is 0 Å². The molecule has 2 aliphatic carbocycles. The molecule has 0 heterocycles. The Kier molecular flexibility index (Phi) is 7.91. The van der Waals surface area contributed by atoms with Crippen LogP contribution < -0.4 is 16.4 Å². The van der Waals surface area contributed by atoms with E-state index < -0.39 is 0 Å². The first-order chi connectivity index (χ1) is 12.1. The molecule has 26 heavy (non-hydrogen) atoms. The predicted octanol–water partition coefficient (Wildman–Crippen LogP) is 4.08. The Morgan fingerprint density at radius 3 is 2.31 bits per heavy atom. The molecule has 1 aromatic rings. The number of amides is 2. The molecular formula is C20H30ClN3O2. The van der Waals surface area contributed by atoms with Crippen LogP contribution in [0.5, 0.6) is 0 Å². The summed E-state index contributed by atoms with van der Waals surface area (Å²) in [5.41, 5.74) is 7.50. The second-order valence-corrected chi connectivity index (χ2v) is 7.51. The highest BCUT2D eigenvalue weighted by atomic mass is 35.5. The molecule has 144 valence electrons. The van der Waals surface area contributed by atoms with Gasteiger partial charge >= 0.3 is 0 Å². The van der Waals surface area contributed by atoms with Gasteiger partial charge in [-0.25, -0.2) is 0 Å². The van der Waals surface area contributed by atoms with Gasteiger partial charge < -0.3 is 16.4 Å². The van der Waals surface area contributed by atoms with Crippen LogP contribution in [0.4, 0.5) is 11.4 Å². The molecule has 2 saturated carbocycles. The van der Waals surface area contributed by atoms with E-state index in [-0.39, 0.29) is 42.1 Å². The fraction of sp³-hybridized carbons (Fsp3) is 0.600. The van der Waals surface area contributed by atoms with Crippen LogP contribution in [0.2, 0.25) is 0 Å². The number of carbonyl (C=O) groups is 2. The number of rotatable bonds is 5. The van der Waals surface area contributed by atoms with Crippen molar-refractivity contribution in [1.29, 1.82) is 0 Å². The van der Waals surface area contributed by atoms with Gasteiger partial charge in [0, 0.05) is 29.8 Å². The van der Waals surface area contributed by atoms with Crippen molar-refractivity contribution >= 4 is 35.6 Å². The maximum atomic E-state index is 12.4. The van der Waals surface area contributed by atoms with Crippen molar-refractivity contribution in [2.24, 2.45) is 17.6 Å². The number of anilines is 2. The first-order valence-corrected chi connectivity index (χ1v) is 9.58. The van der Waals surface area contributed by atoms with Crippen LogP contribution >= 0.6 is 12.4 Å². The van der Waals surface area contributed by atoms with Crippen molar-refractivity contribution in [2.75, 3.05) is 10.6 Å². The zero-order valence-electron chi connectivity index (χ0n) is 15.2. The lowest BCUT2D eigenvalue weighted by atomic mass is 9.88. The monoisotopic (exact) mass is 379 g/mol. The number of nitrogens with one attached hydrogen (secondary N) is 2. The Bertz CT molecular complexity index is 617. The van der Waals surface area contributed by atoms with E-state index in [4.69, 9.17) is 5.73 Å². The van der Waals surface area contributed by atoms with Crippen molar-refractivity contribution in [3.8, 4) is 0 Å². The average molecular weight is 380 g/mol. The lowest BCUT2D eigenvalue weighted by molar-refractivity contribution is -0.120. The normalized spacial score (nSPS) is 23.1. The van der Waals surface area contributed by atoms with Crippen LogP contribution in [0.15, 0.2) is 24.3 Å². The topological polar surface area (TPSA) is 84.2 Å². The molecule has 2 aliphatic rings.